The maximum Gasteiger partial charge on any atom is 0.342 e. The van der Waals surface area contributed by atoms with Crippen LogP contribution in [0, 0.1) is 0 Å². The predicted molar refractivity (Wildman–Crippen MR) is 133 cm³/mol. The van der Waals surface area contributed by atoms with Gasteiger partial charge in [0.05, 0.1) is 25.3 Å². The van der Waals surface area contributed by atoms with Gasteiger partial charge < -0.3 is 14.2 Å². The number of carbonyl (C=O) groups is 1. The van der Waals surface area contributed by atoms with Crippen LogP contribution in [0.5, 0.6) is 11.5 Å². The third-order valence-corrected chi connectivity index (χ3v) is 10.5. The average molecular weight is 455 g/mol. The Hall–Kier alpha value is -3.62. The van der Waals surface area contributed by atoms with Crippen molar-refractivity contribution in [2.75, 3.05) is 14.2 Å². The molecule has 0 saturated heterocycles. The normalized spacial score (nSPS) is 15.0. The molecule has 0 amide bonds. The minimum atomic E-state index is -2.50. The van der Waals surface area contributed by atoms with Gasteiger partial charge in [0.25, 0.3) is 5.85 Å². The van der Waals surface area contributed by atoms with E-state index < -0.39 is 13.1 Å². The second-order valence-electron chi connectivity index (χ2n) is 7.78. The topological polar surface area (TPSA) is 44.8 Å². The molecule has 0 bridgehead atoms. The number of carbonyl (C=O) groups excluding carboxylic acids is 1. The van der Waals surface area contributed by atoms with Crippen molar-refractivity contribution in [3.8, 4) is 11.5 Å². The van der Waals surface area contributed by atoms with E-state index in [0.29, 0.717) is 17.1 Å². The van der Waals surface area contributed by atoms with Crippen molar-refractivity contribution < 1.29 is 19.0 Å². The molecule has 4 aromatic carbocycles. The minimum absolute atomic E-state index is 0.362. The van der Waals surface area contributed by atoms with E-state index in [1.807, 2.05) is 60.7 Å². The molecule has 1 unspecified atom stereocenters. The molecule has 0 saturated carbocycles. The van der Waals surface area contributed by atoms with E-state index in [9.17, 15) is 4.79 Å². The highest BCUT2D eigenvalue weighted by molar-refractivity contribution is 7.95. The summed E-state index contributed by atoms with van der Waals surface area (Å²) in [4.78, 5) is 13.2. The van der Waals surface area contributed by atoms with Gasteiger partial charge in [-0.3, -0.25) is 0 Å². The molecule has 1 aliphatic heterocycles. The first-order valence-electron chi connectivity index (χ1n) is 10.7. The fourth-order valence-electron chi connectivity index (χ4n) is 4.65. The van der Waals surface area contributed by atoms with E-state index in [0.717, 1.165) is 21.5 Å². The Kier molecular flexibility index (Phi) is 5.62. The number of rotatable bonds is 6. The fraction of sp³-hybridized carbons (Fsp3) is 0.107. The molecule has 0 radical (unpaired) electrons. The number of fused-ring (bicyclic) bond motifs is 1. The number of esters is 1. The molecule has 0 aliphatic carbocycles. The first-order chi connectivity index (χ1) is 16.2. The van der Waals surface area contributed by atoms with Gasteiger partial charge in [0, 0.05) is 6.07 Å². The maximum absolute atomic E-state index is 13.2. The molecular weight excluding hydrogens is 431 g/mol. The Balaban J connectivity index is 1.89. The molecule has 164 valence electrons. The van der Waals surface area contributed by atoms with Crippen molar-refractivity contribution in [1.29, 1.82) is 0 Å². The number of hydrogen-bond donors (Lipinski definition) is 0. The maximum atomic E-state index is 13.2. The molecule has 1 atom stereocenters. The molecule has 4 nitrogen and oxygen atoms in total. The Morgan fingerprint density at radius 2 is 1.18 bits per heavy atom. The van der Waals surface area contributed by atoms with Crippen LogP contribution in [0.1, 0.15) is 21.8 Å². The van der Waals surface area contributed by atoms with Crippen LogP contribution in [0.15, 0.2) is 103 Å². The standard InChI is InChI=1S/C28H24O4P/c1-30-20-18-24-26(25(19-20)31-2)28(32-27(24)29)33(21-12-6-3-7-13-21,22-14-8-4-9-15-22)23-16-10-5-11-17-23/h3-19,28H,1-2H3/q+1. The van der Waals surface area contributed by atoms with Crippen LogP contribution in [0.25, 0.3) is 0 Å². The Labute approximate surface area is 194 Å². The summed E-state index contributed by atoms with van der Waals surface area (Å²) in [6.07, 6.45) is 0. The first-order valence-corrected chi connectivity index (χ1v) is 12.6. The molecule has 0 spiro atoms. The highest BCUT2D eigenvalue weighted by atomic mass is 31.2. The molecule has 0 N–H and O–H groups in total. The van der Waals surface area contributed by atoms with Gasteiger partial charge in [0.1, 0.15) is 27.4 Å². The Morgan fingerprint density at radius 1 is 0.697 bits per heavy atom. The van der Waals surface area contributed by atoms with Crippen molar-refractivity contribution in [1.82, 2.24) is 0 Å². The highest BCUT2D eigenvalue weighted by Gasteiger charge is 2.60. The molecule has 0 aromatic heterocycles. The number of hydrogen-bond acceptors (Lipinski definition) is 4. The summed E-state index contributed by atoms with van der Waals surface area (Å²) in [6, 6.07) is 34.6. The summed E-state index contributed by atoms with van der Waals surface area (Å²) >= 11 is 0. The first kappa shape index (κ1) is 21.2. The van der Waals surface area contributed by atoms with E-state index in [1.54, 1.807) is 20.3 Å². The van der Waals surface area contributed by atoms with Crippen molar-refractivity contribution in [3.63, 3.8) is 0 Å². The predicted octanol–water partition coefficient (Wildman–Crippen LogP) is 4.87. The lowest BCUT2D eigenvalue weighted by atomic mass is 10.1. The smallest absolute Gasteiger partial charge is 0.342 e. The van der Waals surface area contributed by atoms with E-state index in [1.165, 1.54) is 0 Å². The third-order valence-electron chi connectivity index (χ3n) is 6.10. The molecule has 33 heavy (non-hydrogen) atoms. The van der Waals surface area contributed by atoms with Gasteiger partial charge in [-0.2, -0.15) is 0 Å². The summed E-state index contributed by atoms with van der Waals surface area (Å²) in [5, 5.41) is 3.39. The van der Waals surface area contributed by atoms with Crippen LogP contribution in [-0.4, -0.2) is 20.2 Å². The summed E-state index contributed by atoms with van der Waals surface area (Å²) in [7, 11) is 0.693. The van der Waals surface area contributed by atoms with Crippen LogP contribution >= 0.6 is 7.26 Å². The second-order valence-corrected chi connectivity index (χ2v) is 11.2. The van der Waals surface area contributed by atoms with Crippen molar-refractivity contribution in [2.45, 2.75) is 5.85 Å². The van der Waals surface area contributed by atoms with Gasteiger partial charge in [0.15, 0.2) is 7.26 Å². The van der Waals surface area contributed by atoms with Crippen molar-refractivity contribution >= 4 is 29.1 Å². The van der Waals surface area contributed by atoms with E-state index in [2.05, 4.69) is 36.4 Å². The number of cyclic esters (lactones) is 1. The van der Waals surface area contributed by atoms with E-state index in [-0.39, 0.29) is 5.97 Å². The molecular formula is C28H24O4P+. The van der Waals surface area contributed by atoms with Crippen molar-refractivity contribution in [2.24, 2.45) is 0 Å². The van der Waals surface area contributed by atoms with E-state index >= 15 is 0 Å². The van der Waals surface area contributed by atoms with E-state index in [4.69, 9.17) is 14.2 Å². The molecule has 4 aromatic rings. The monoisotopic (exact) mass is 455 g/mol. The molecule has 1 heterocycles. The minimum Gasteiger partial charge on any atom is -0.497 e. The molecule has 5 rings (SSSR count). The zero-order valence-electron chi connectivity index (χ0n) is 18.5. The molecule has 1 aliphatic rings. The van der Waals surface area contributed by atoms with Crippen LogP contribution < -0.4 is 25.4 Å². The lowest BCUT2D eigenvalue weighted by Gasteiger charge is -2.32. The van der Waals surface area contributed by atoms with Gasteiger partial charge in [-0.1, -0.05) is 54.6 Å². The van der Waals surface area contributed by atoms with Gasteiger partial charge in [-0.05, 0) is 42.5 Å². The Bertz CT molecular complexity index is 1180. The average Bonchev–Trinajstić information content (AvgIpc) is 3.22. The van der Waals surface area contributed by atoms with Gasteiger partial charge in [-0.15, -0.1) is 0 Å². The molecule has 0 fully saturated rings. The summed E-state index contributed by atoms with van der Waals surface area (Å²) in [6.45, 7) is 0. The number of ether oxygens (including phenoxy) is 3. The number of methoxy groups -OCH3 is 2. The van der Waals surface area contributed by atoms with Crippen LogP contribution in [0.4, 0.5) is 0 Å². The van der Waals surface area contributed by atoms with Crippen molar-refractivity contribution in [3.05, 3.63) is 114 Å². The third kappa shape index (κ3) is 3.39. The summed E-state index contributed by atoms with van der Waals surface area (Å²) in [5.74, 6) is 0.256. The van der Waals surface area contributed by atoms with Gasteiger partial charge in [-0.25, -0.2) is 4.79 Å². The Morgan fingerprint density at radius 3 is 1.61 bits per heavy atom. The van der Waals surface area contributed by atoms with Crippen LogP contribution in [-0.2, 0) is 4.74 Å². The summed E-state index contributed by atoms with van der Waals surface area (Å²) < 4.78 is 17.5. The SMILES string of the molecule is COc1cc(OC)c2c(c1)C(=O)OC2[P+](c1ccccc1)(c1ccccc1)c1ccccc1. The van der Waals surface area contributed by atoms with Gasteiger partial charge in [0.2, 0.25) is 0 Å². The second kappa shape index (κ2) is 8.73. The molecule has 5 heteroatoms. The summed E-state index contributed by atoms with van der Waals surface area (Å²) in [5.41, 5.74) is 1.26. The zero-order chi connectivity index (χ0) is 22.8. The quantitative estimate of drug-likeness (QED) is 0.308. The van der Waals surface area contributed by atoms with Crippen LogP contribution in [0.2, 0.25) is 0 Å². The number of benzene rings is 4. The zero-order valence-corrected chi connectivity index (χ0v) is 19.4. The lowest BCUT2D eigenvalue weighted by Crippen LogP contribution is -2.35. The lowest BCUT2D eigenvalue weighted by molar-refractivity contribution is 0.0513. The van der Waals surface area contributed by atoms with Gasteiger partial charge >= 0.3 is 5.97 Å². The van der Waals surface area contributed by atoms with Crippen LogP contribution in [0.3, 0.4) is 0 Å². The highest BCUT2D eigenvalue weighted by Crippen LogP contribution is 2.70. The largest absolute Gasteiger partial charge is 0.497 e. The fourth-order valence-corrected chi connectivity index (χ4v) is 9.19.